The number of hydrogen-bond donors (Lipinski definition) is 1. The van der Waals surface area contributed by atoms with Crippen molar-refractivity contribution in [1.82, 2.24) is 0 Å². The highest BCUT2D eigenvalue weighted by molar-refractivity contribution is 7.92. The Morgan fingerprint density at radius 1 is 0.909 bits per heavy atom. The van der Waals surface area contributed by atoms with E-state index in [4.69, 9.17) is 9.47 Å². The van der Waals surface area contributed by atoms with Gasteiger partial charge in [-0.05, 0) is 36.4 Å². The zero-order chi connectivity index (χ0) is 24.4. The van der Waals surface area contributed by atoms with Crippen LogP contribution in [0.3, 0.4) is 0 Å². The second-order valence-electron chi connectivity index (χ2n) is 6.32. The Morgan fingerprint density at radius 3 is 2.09 bits per heavy atom. The van der Waals surface area contributed by atoms with E-state index < -0.39 is 42.6 Å². The number of carboxylic acids is 1. The van der Waals surface area contributed by atoms with Crippen LogP contribution in [0.5, 0.6) is 23.0 Å². The summed E-state index contributed by atoms with van der Waals surface area (Å²) in [6, 6.07) is 12.7. The van der Waals surface area contributed by atoms with Crippen molar-refractivity contribution in [3.05, 3.63) is 82.4 Å². The van der Waals surface area contributed by atoms with Gasteiger partial charge < -0.3 is 14.6 Å². The van der Waals surface area contributed by atoms with Gasteiger partial charge in [0.25, 0.3) is 9.84 Å². The van der Waals surface area contributed by atoms with Gasteiger partial charge in [-0.1, -0.05) is 18.2 Å². The van der Waals surface area contributed by atoms with Crippen LogP contribution in [0.25, 0.3) is 0 Å². The average molecular weight is 483 g/mol. The fourth-order valence-electron chi connectivity index (χ4n) is 2.61. The minimum Gasteiger partial charge on any atom is -0.478 e. The summed E-state index contributed by atoms with van der Waals surface area (Å²) in [4.78, 5) is 20.2. The molecule has 0 spiro atoms. The molecule has 3 aromatic rings. The second kappa shape index (κ2) is 8.78. The number of carboxylic acid groups (broad SMARTS) is 1. The number of rotatable bonds is 7. The van der Waals surface area contributed by atoms with Crippen LogP contribution in [0.4, 0.5) is 18.9 Å². The van der Waals surface area contributed by atoms with Crippen LogP contribution in [0.15, 0.2) is 71.6 Å². The van der Waals surface area contributed by atoms with E-state index in [9.17, 15) is 41.6 Å². The van der Waals surface area contributed by atoms with Crippen LogP contribution in [-0.2, 0) is 9.84 Å². The highest BCUT2D eigenvalue weighted by Gasteiger charge is 2.47. The summed E-state index contributed by atoms with van der Waals surface area (Å²) in [5.74, 6) is -1.70. The molecule has 0 aromatic heterocycles. The van der Waals surface area contributed by atoms with E-state index in [0.29, 0.717) is 6.07 Å². The molecule has 0 unspecified atom stereocenters. The maximum absolute atomic E-state index is 12.8. The zero-order valence-corrected chi connectivity index (χ0v) is 17.0. The maximum atomic E-state index is 12.8. The molecule has 3 aromatic carbocycles. The van der Waals surface area contributed by atoms with Crippen molar-refractivity contribution in [2.45, 2.75) is 10.4 Å². The fourth-order valence-corrected chi connectivity index (χ4v) is 3.40. The van der Waals surface area contributed by atoms with E-state index >= 15 is 0 Å². The number of nitro groups is 1. The largest absolute Gasteiger partial charge is 0.501 e. The number of para-hydroxylation sites is 1. The van der Waals surface area contributed by atoms with Gasteiger partial charge in [0, 0.05) is 12.1 Å². The summed E-state index contributed by atoms with van der Waals surface area (Å²) in [5, 5.41) is 20.5. The number of hydrogen-bond acceptors (Lipinski definition) is 7. The lowest BCUT2D eigenvalue weighted by molar-refractivity contribution is -0.385. The van der Waals surface area contributed by atoms with E-state index in [1.54, 1.807) is 6.07 Å². The summed E-state index contributed by atoms with van der Waals surface area (Å²) < 4.78 is 72.3. The first kappa shape index (κ1) is 23.5. The van der Waals surface area contributed by atoms with E-state index in [1.165, 1.54) is 42.5 Å². The molecule has 0 amide bonds. The molecule has 1 N–H and O–H groups in total. The molecule has 0 aliphatic carbocycles. The Hall–Kier alpha value is -4.13. The van der Waals surface area contributed by atoms with Crippen LogP contribution in [0.1, 0.15) is 10.4 Å². The lowest BCUT2D eigenvalue weighted by Gasteiger charge is -2.12. The molecule has 0 fully saturated rings. The first-order valence-electron chi connectivity index (χ1n) is 8.78. The third-order valence-electron chi connectivity index (χ3n) is 4.12. The van der Waals surface area contributed by atoms with E-state index in [0.717, 1.165) is 6.07 Å². The van der Waals surface area contributed by atoms with Gasteiger partial charge in [0.15, 0.2) is 0 Å². The molecule has 0 aliphatic rings. The molecule has 0 saturated carbocycles. The van der Waals surface area contributed by atoms with Crippen molar-refractivity contribution in [1.29, 1.82) is 0 Å². The van der Waals surface area contributed by atoms with Crippen LogP contribution in [0.2, 0.25) is 0 Å². The molecule has 0 atom stereocenters. The molecule has 0 saturated heterocycles. The highest BCUT2D eigenvalue weighted by atomic mass is 32.2. The number of benzene rings is 3. The van der Waals surface area contributed by atoms with Crippen molar-refractivity contribution >= 4 is 21.5 Å². The minimum atomic E-state index is -5.80. The Balaban J connectivity index is 1.93. The Bertz CT molecular complexity index is 1340. The smallest absolute Gasteiger partial charge is 0.478 e. The summed E-state index contributed by atoms with van der Waals surface area (Å²) >= 11 is 0. The normalized spacial score (nSPS) is 11.6. The molecule has 0 aliphatic heterocycles. The fraction of sp³-hybridized carbons (Fsp3) is 0.0500. The number of alkyl halides is 3. The van der Waals surface area contributed by atoms with Crippen LogP contribution in [0, 0.1) is 10.1 Å². The number of carbonyl (C=O) groups is 1. The molecule has 9 nitrogen and oxygen atoms in total. The predicted molar refractivity (Wildman–Crippen MR) is 106 cm³/mol. The molecule has 33 heavy (non-hydrogen) atoms. The quantitative estimate of drug-likeness (QED) is 0.359. The molecular formula is C20H12F3NO8S. The average Bonchev–Trinajstić information content (AvgIpc) is 2.73. The maximum Gasteiger partial charge on any atom is 0.501 e. The third-order valence-corrected chi connectivity index (χ3v) is 5.60. The lowest BCUT2D eigenvalue weighted by Crippen LogP contribution is -2.23. The van der Waals surface area contributed by atoms with E-state index in [1.807, 2.05) is 0 Å². The second-order valence-corrected chi connectivity index (χ2v) is 8.26. The van der Waals surface area contributed by atoms with Crippen molar-refractivity contribution < 1.29 is 45.9 Å². The van der Waals surface area contributed by atoms with Crippen molar-refractivity contribution in [2.75, 3.05) is 0 Å². The summed E-state index contributed by atoms with van der Waals surface area (Å²) in [5.41, 5.74) is -6.77. The molecule has 13 heteroatoms. The molecule has 172 valence electrons. The van der Waals surface area contributed by atoms with Gasteiger partial charge >= 0.3 is 17.2 Å². The topological polar surface area (TPSA) is 133 Å². The number of halogens is 3. The first-order chi connectivity index (χ1) is 15.4. The standard InChI is InChI=1S/C20H12F3NO8S/c21-20(22,23)33(29,30)14-8-9-18(16(11-14)24(27)28)32-13-5-3-4-12(10-13)31-17-7-2-1-6-15(17)19(25)26/h1-11H,(H,25,26). The van der Waals surface area contributed by atoms with Crippen LogP contribution in [-0.4, -0.2) is 29.9 Å². The predicted octanol–water partition coefficient (Wildman–Crippen LogP) is 5.17. The van der Waals surface area contributed by atoms with Gasteiger partial charge in [0.1, 0.15) is 22.8 Å². The first-order valence-corrected chi connectivity index (χ1v) is 10.3. The molecular weight excluding hydrogens is 471 g/mol. The van der Waals surface area contributed by atoms with Crippen LogP contribution >= 0.6 is 0 Å². The number of nitro benzene ring substituents is 1. The molecule has 3 rings (SSSR count). The lowest BCUT2D eigenvalue weighted by atomic mass is 10.2. The van der Waals surface area contributed by atoms with E-state index in [-0.39, 0.29) is 28.9 Å². The van der Waals surface area contributed by atoms with Crippen molar-refractivity contribution in [3.63, 3.8) is 0 Å². The van der Waals surface area contributed by atoms with E-state index in [2.05, 4.69) is 0 Å². The summed E-state index contributed by atoms with van der Waals surface area (Å²) in [6.45, 7) is 0. The Morgan fingerprint density at radius 2 is 1.52 bits per heavy atom. The van der Waals surface area contributed by atoms with Gasteiger partial charge in [-0.25, -0.2) is 13.2 Å². The number of aromatic carboxylic acids is 1. The molecule has 0 heterocycles. The zero-order valence-electron chi connectivity index (χ0n) is 16.1. The highest BCUT2D eigenvalue weighted by Crippen LogP contribution is 2.38. The van der Waals surface area contributed by atoms with Gasteiger partial charge in [-0.3, -0.25) is 10.1 Å². The Kier molecular flexibility index (Phi) is 6.26. The summed E-state index contributed by atoms with van der Waals surface area (Å²) in [7, 11) is -5.80. The molecule has 0 bridgehead atoms. The number of ether oxygens (including phenoxy) is 2. The van der Waals surface area contributed by atoms with Gasteiger partial charge in [0.05, 0.1) is 9.82 Å². The Labute approximate surface area is 183 Å². The third kappa shape index (κ3) is 5.03. The van der Waals surface area contributed by atoms with Gasteiger partial charge in [-0.2, -0.15) is 13.2 Å². The van der Waals surface area contributed by atoms with Gasteiger partial charge in [-0.15, -0.1) is 0 Å². The monoisotopic (exact) mass is 483 g/mol. The molecule has 0 radical (unpaired) electrons. The number of nitrogens with zero attached hydrogens (tertiary/aromatic N) is 1. The SMILES string of the molecule is O=C(O)c1ccccc1Oc1cccc(Oc2ccc(S(=O)(=O)C(F)(F)F)cc2[N+](=O)[O-])c1. The summed E-state index contributed by atoms with van der Waals surface area (Å²) in [6.07, 6.45) is 0. The van der Waals surface area contributed by atoms with Gasteiger partial charge in [0.2, 0.25) is 5.75 Å². The van der Waals surface area contributed by atoms with Crippen LogP contribution < -0.4 is 9.47 Å². The van der Waals surface area contributed by atoms with Crippen molar-refractivity contribution in [2.24, 2.45) is 0 Å². The van der Waals surface area contributed by atoms with Crippen molar-refractivity contribution in [3.8, 4) is 23.0 Å². The number of sulfone groups is 1. The minimum absolute atomic E-state index is 0.00911.